The van der Waals surface area contributed by atoms with Crippen LogP contribution in [0.4, 0.5) is 0 Å². The van der Waals surface area contributed by atoms with Crippen LogP contribution in [0, 0.1) is 11.3 Å². The molecule has 0 N–H and O–H groups in total. The van der Waals surface area contributed by atoms with Gasteiger partial charge in [-0.05, 0) is 49.6 Å². The summed E-state index contributed by atoms with van der Waals surface area (Å²) in [5, 5.41) is 13.7. The zero-order valence-electron chi connectivity index (χ0n) is 15.0. The smallest absolute Gasteiger partial charge is 0.274 e. The number of nitrogens with zero attached hydrogens (tertiary/aromatic N) is 4. The first-order chi connectivity index (χ1) is 13.3. The van der Waals surface area contributed by atoms with Crippen LogP contribution in [0.5, 0.6) is 0 Å². The molecule has 0 bridgehead atoms. The Morgan fingerprint density at radius 1 is 0.963 bits per heavy atom. The number of nitriles is 1. The third kappa shape index (κ3) is 3.47. The molecule has 0 unspecified atom stereocenters. The van der Waals surface area contributed by atoms with E-state index in [4.69, 9.17) is 5.26 Å². The Kier molecular flexibility index (Phi) is 4.71. The Hall–Kier alpha value is -3.39. The summed E-state index contributed by atoms with van der Waals surface area (Å²) < 4.78 is 1.80. The molecule has 0 atom stereocenters. The fourth-order valence-corrected chi connectivity index (χ4v) is 3.43. The number of piperidine rings is 1. The molecule has 1 aliphatic heterocycles. The van der Waals surface area contributed by atoms with Gasteiger partial charge in [-0.25, -0.2) is 4.68 Å². The zero-order chi connectivity index (χ0) is 18.6. The normalized spacial score (nSPS) is 14.0. The topological polar surface area (TPSA) is 61.9 Å². The van der Waals surface area contributed by atoms with Crippen LogP contribution in [0.25, 0.3) is 16.9 Å². The van der Waals surface area contributed by atoms with E-state index in [9.17, 15) is 4.79 Å². The van der Waals surface area contributed by atoms with Crippen LogP contribution in [0.15, 0.2) is 60.7 Å². The molecule has 0 radical (unpaired) electrons. The van der Waals surface area contributed by atoms with Gasteiger partial charge in [-0.15, -0.1) is 0 Å². The molecule has 2 aromatic carbocycles. The van der Waals surface area contributed by atoms with E-state index in [2.05, 4.69) is 11.2 Å². The Labute approximate surface area is 158 Å². The highest BCUT2D eigenvalue weighted by Crippen LogP contribution is 2.25. The van der Waals surface area contributed by atoms with Crippen molar-refractivity contribution in [3.8, 4) is 23.0 Å². The zero-order valence-corrected chi connectivity index (χ0v) is 15.0. The first-order valence-corrected chi connectivity index (χ1v) is 9.21. The third-order valence-corrected chi connectivity index (χ3v) is 4.88. The molecule has 2 heterocycles. The molecule has 4 rings (SSSR count). The summed E-state index contributed by atoms with van der Waals surface area (Å²) in [4.78, 5) is 14.8. The lowest BCUT2D eigenvalue weighted by Gasteiger charge is -2.25. The summed E-state index contributed by atoms with van der Waals surface area (Å²) in [6.45, 7) is 1.59. The average Bonchev–Trinajstić information content (AvgIpc) is 3.20. The maximum Gasteiger partial charge on any atom is 0.274 e. The van der Waals surface area contributed by atoms with E-state index in [1.54, 1.807) is 16.8 Å². The van der Waals surface area contributed by atoms with Crippen molar-refractivity contribution in [2.45, 2.75) is 19.3 Å². The molecule has 3 aromatic rings. The van der Waals surface area contributed by atoms with Crippen molar-refractivity contribution >= 4 is 5.91 Å². The van der Waals surface area contributed by atoms with Gasteiger partial charge >= 0.3 is 0 Å². The number of hydrogen-bond acceptors (Lipinski definition) is 3. The van der Waals surface area contributed by atoms with E-state index in [1.807, 2.05) is 53.4 Å². The maximum absolute atomic E-state index is 12.9. The average molecular weight is 356 g/mol. The molecule has 1 saturated heterocycles. The highest BCUT2D eigenvalue weighted by Gasteiger charge is 2.23. The number of amides is 1. The van der Waals surface area contributed by atoms with Crippen LogP contribution in [0.3, 0.4) is 0 Å². The van der Waals surface area contributed by atoms with E-state index in [-0.39, 0.29) is 5.91 Å². The second-order valence-corrected chi connectivity index (χ2v) is 6.70. The fraction of sp³-hybridized carbons (Fsp3) is 0.227. The fourth-order valence-electron chi connectivity index (χ4n) is 3.43. The van der Waals surface area contributed by atoms with E-state index in [0.29, 0.717) is 11.3 Å². The van der Waals surface area contributed by atoms with Gasteiger partial charge in [-0.3, -0.25) is 4.79 Å². The molecular formula is C22H20N4O. The van der Waals surface area contributed by atoms with Crippen molar-refractivity contribution < 1.29 is 4.79 Å². The highest BCUT2D eigenvalue weighted by atomic mass is 16.2. The predicted octanol–water partition coefficient (Wildman–Crippen LogP) is 4.04. The van der Waals surface area contributed by atoms with E-state index in [0.717, 1.165) is 42.9 Å². The van der Waals surface area contributed by atoms with E-state index in [1.165, 1.54) is 6.42 Å². The van der Waals surface area contributed by atoms with Crippen molar-refractivity contribution in [3.63, 3.8) is 0 Å². The largest absolute Gasteiger partial charge is 0.337 e. The van der Waals surface area contributed by atoms with E-state index >= 15 is 0 Å². The van der Waals surface area contributed by atoms with Crippen LogP contribution >= 0.6 is 0 Å². The van der Waals surface area contributed by atoms with Crippen molar-refractivity contribution in [2.24, 2.45) is 0 Å². The molecule has 1 aromatic heterocycles. The van der Waals surface area contributed by atoms with Gasteiger partial charge in [0.15, 0.2) is 5.69 Å². The van der Waals surface area contributed by atoms with Gasteiger partial charge in [0.2, 0.25) is 0 Å². The van der Waals surface area contributed by atoms with Crippen LogP contribution in [0.1, 0.15) is 35.3 Å². The summed E-state index contributed by atoms with van der Waals surface area (Å²) in [6, 6.07) is 21.1. The molecule has 1 fully saturated rings. The number of hydrogen-bond donors (Lipinski definition) is 0. The molecule has 0 saturated carbocycles. The van der Waals surface area contributed by atoms with E-state index < -0.39 is 0 Å². The Balaban J connectivity index is 1.77. The van der Waals surface area contributed by atoms with Gasteiger partial charge in [-0.1, -0.05) is 30.3 Å². The minimum absolute atomic E-state index is 0.0146. The van der Waals surface area contributed by atoms with Crippen molar-refractivity contribution in [1.82, 2.24) is 14.7 Å². The van der Waals surface area contributed by atoms with Crippen molar-refractivity contribution in [3.05, 3.63) is 71.9 Å². The first kappa shape index (κ1) is 17.0. The molecule has 0 spiro atoms. The van der Waals surface area contributed by atoms with Gasteiger partial charge in [0, 0.05) is 18.7 Å². The second kappa shape index (κ2) is 7.46. The van der Waals surface area contributed by atoms with Crippen LogP contribution < -0.4 is 0 Å². The lowest BCUT2D eigenvalue weighted by molar-refractivity contribution is 0.0718. The van der Waals surface area contributed by atoms with Gasteiger partial charge in [0.05, 0.1) is 23.0 Å². The standard InChI is InChI=1S/C22H20N4O/c23-16-17-9-11-18(12-10-17)21-15-20(22(27)25-13-5-2-6-14-25)24-26(21)19-7-3-1-4-8-19/h1,3-4,7-12,15H,2,5-6,13-14H2. The monoisotopic (exact) mass is 356 g/mol. The first-order valence-electron chi connectivity index (χ1n) is 9.21. The van der Waals surface area contributed by atoms with Gasteiger partial charge in [0.1, 0.15) is 0 Å². The summed E-state index contributed by atoms with van der Waals surface area (Å²) in [7, 11) is 0. The summed E-state index contributed by atoms with van der Waals surface area (Å²) in [6.07, 6.45) is 3.28. The minimum atomic E-state index is -0.0146. The molecule has 5 heteroatoms. The molecule has 5 nitrogen and oxygen atoms in total. The summed E-state index contributed by atoms with van der Waals surface area (Å²) in [5.41, 5.74) is 3.72. The van der Waals surface area contributed by atoms with Gasteiger partial charge in [-0.2, -0.15) is 10.4 Å². The van der Waals surface area contributed by atoms with Gasteiger partial charge in [0.25, 0.3) is 5.91 Å². The Morgan fingerprint density at radius 2 is 1.67 bits per heavy atom. The molecule has 27 heavy (non-hydrogen) atoms. The number of aromatic nitrogens is 2. The van der Waals surface area contributed by atoms with Crippen LogP contribution in [-0.4, -0.2) is 33.7 Å². The number of carbonyl (C=O) groups excluding carboxylic acids is 1. The molecule has 1 aliphatic rings. The molecular weight excluding hydrogens is 336 g/mol. The Bertz CT molecular complexity index is 977. The van der Waals surface area contributed by atoms with Crippen LogP contribution in [0.2, 0.25) is 0 Å². The quantitative estimate of drug-likeness (QED) is 0.711. The summed E-state index contributed by atoms with van der Waals surface area (Å²) >= 11 is 0. The van der Waals surface area contributed by atoms with Crippen LogP contribution in [-0.2, 0) is 0 Å². The van der Waals surface area contributed by atoms with Crippen molar-refractivity contribution in [2.75, 3.05) is 13.1 Å². The Morgan fingerprint density at radius 3 is 2.33 bits per heavy atom. The molecule has 0 aliphatic carbocycles. The predicted molar refractivity (Wildman–Crippen MR) is 103 cm³/mol. The number of carbonyl (C=O) groups is 1. The highest BCUT2D eigenvalue weighted by molar-refractivity contribution is 5.93. The lowest BCUT2D eigenvalue weighted by atomic mass is 10.1. The molecule has 1 amide bonds. The minimum Gasteiger partial charge on any atom is -0.337 e. The van der Waals surface area contributed by atoms with Crippen molar-refractivity contribution in [1.29, 1.82) is 5.26 Å². The number of rotatable bonds is 3. The second-order valence-electron chi connectivity index (χ2n) is 6.70. The maximum atomic E-state index is 12.9. The van der Waals surface area contributed by atoms with Gasteiger partial charge < -0.3 is 4.90 Å². The number of likely N-dealkylation sites (tertiary alicyclic amines) is 1. The lowest BCUT2D eigenvalue weighted by Crippen LogP contribution is -2.35. The number of para-hydroxylation sites is 1. The SMILES string of the molecule is N#Cc1ccc(-c2cc(C(=O)N3CCCCC3)nn2-c2ccccc2)cc1. The molecule has 134 valence electrons. The summed E-state index contributed by atoms with van der Waals surface area (Å²) in [5.74, 6) is -0.0146. The number of benzene rings is 2. The third-order valence-electron chi connectivity index (χ3n) is 4.88.